The molecule has 0 aromatic heterocycles. The number of hydrogen-bond acceptors (Lipinski definition) is 7. The van der Waals surface area contributed by atoms with Gasteiger partial charge in [-0.15, -0.1) is 0 Å². The highest BCUT2D eigenvalue weighted by Crippen LogP contribution is 2.42. The second-order valence-electron chi connectivity index (χ2n) is 4.30. The van der Waals surface area contributed by atoms with E-state index in [4.69, 9.17) is 24.7 Å². The van der Waals surface area contributed by atoms with Gasteiger partial charge in [0.25, 0.3) is 0 Å². The Morgan fingerprint density at radius 3 is 2.67 bits per heavy atom. The summed E-state index contributed by atoms with van der Waals surface area (Å²) in [5, 5.41) is 0. The molecule has 7 heteroatoms. The van der Waals surface area contributed by atoms with Gasteiger partial charge in [0.05, 0.1) is 24.5 Å². The predicted octanol–water partition coefficient (Wildman–Crippen LogP) is 1.74. The van der Waals surface area contributed by atoms with Crippen molar-refractivity contribution in [2.24, 2.45) is 0 Å². The van der Waals surface area contributed by atoms with E-state index in [9.17, 15) is 9.59 Å². The van der Waals surface area contributed by atoms with Crippen LogP contribution < -0.4 is 15.2 Å². The van der Waals surface area contributed by atoms with Crippen LogP contribution in [0, 0.1) is 0 Å². The minimum Gasteiger partial charge on any atom is -0.462 e. The molecule has 0 bridgehead atoms. The van der Waals surface area contributed by atoms with Crippen molar-refractivity contribution in [1.29, 1.82) is 0 Å². The Morgan fingerprint density at radius 2 is 2.00 bits per heavy atom. The summed E-state index contributed by atoms with van der Waals surface area (Å²) in [6.07, 6.45) is 0.658. The van der Waals surface area contributed by atoms with Gasteiger partial charge in [0.2, 0.25) is 6.79 Å². The molecular weight excluding hydrogens is 278 g/mol. The topological polar surface area (TPSA) is 97.1 Å². The van der Waals surface area contributed by atoms with Crippen molar-refractivity contribution in [3.05, 3.63) is 17.2 Å². The Kier molecular flexibility index (Phi) is 4.52. The molecule has 0 atom stereocenters. The highest BCUT2D eigenvalue weighted by Gasteiger charge is 2.30. The molecule has 0 fully saturated rings. The molecule has 7 nitrogen and oxygen atoms in total. The van der Waals surface area contributed by atoms with Gasteiger partial charge in [0, 0.05) is 0 Å². The number of carbonyl (C=O) groups excluding carboxylic acids is 2. The van der Waals surface area contributed by atoms with Gasteiger partial charge < -0.3 is 24.7 Å². The van der Waals surface area contributed by atoms with E-state index in [0.29, 0.717) is 12.2 Å². The zero-order valence-corrected chi connectivity index (χ0v) is 11.9. The van der Waals surface area contributed by atoms with Crippen molar-refractivity contribution in [3.8, 4) is 11.5 Å². The third-order valence-electron chi connectivity index (χ3n) is 2.84. The van der Waals surface area contributed by atoms with Gasteiger partial charge >= 0.3 is 11.9 Å². The molecule has 1 heterocycles. The Labute approximate surface area is 121 Å². The highest BCUT2D eigenvalue weighted by molar-refractivity contribution is 6.08. The maximum Gasteiger partial charge on any atom is 0.341 e. The minimum absolute atomic E-state index is 0.0136. The summed E-state index contributed by atoms with van der Waals surface area (Å²) in [7, 11) is 0. The first-order valence-electron chi connectivity index (χ1n) is 6.66. The number of anilines is 1. The van der Waals surface area contributed by atoms with Crippen LogP contribution in [-0.2, 0) is 9.47 Å². The summed E-state index contributed by atoms with van der Waals surface area (Å²) in [5.41, 5.74) is 5.91. The second-order valence-corrected chi connectivity index (χ2v) is 4.30. The maximum absolute atomic E-state index is 12.1. The molecule has 0 spiro atoms. The number of fused-ring (bicyclic) bond motifs is 1. The molecule has 0 saturated heterocycles. The van der Waals surface area contributed by atoms with E-state index in [1.54, 1.807) is 6.92 Å². The Bertz CT molecular complexity index is 569. The number of rotatable bonds is 5. The average Bonchev–Trinajstić information content (AvgIpc) is 2.93. The molecule has 21 heavy (non-hydrogen) atoms. The lowest BCUT2D eigenvalue weighted by atomic mass is 10.0. The molecular formula is C14H17NO6. The lowest BCUT2D eigenvalue weighted by molar-refractivity contribution is 0.0468. The predicted molar refractivity (Wildman–Crippen MR) is 73.5 cm³/mol. The van der Waals surface area contributed by atoms with E-state index in [1.165, 1.54) is 6.07 Å². The molecule has 1 aromatic carbocycles. The lowest BCUT2D eigenvalue weighted by Crippen LogP contribution is -2.17. The molecule has 0 saturated carbocycles. The first-order chi connectivity index (χ1) is 10.1. The molecule has 1 aromatic rings. The van der Waals surface area contributed by atoms with Gasteiger partial charge in [0.1, 0.15) is 5.56 Å². The van der Waals surface area contributed by atoms with Crippen LogP contribution in [0.1, 0.15) is 41.0 Å². The van der Waals surface area contributed by atoms with E-state index in [0.717, 1.165) is 0 Å². The first-order valence-corrected chi connectivity index (χ1v) is 6.66. The fourth-order valence-electron chi connectivity index (χ4n) is 1.92. The third kappa shape index (κ3) is 2.86. The second kappa shape index (κ2) is 6.34. The summed E-state index contributed by atoms with van der Waals surface area (Å²) in [6, 6.07) is 1.39. The maximum atomic E-state index is 12.1. The van der Waals surface area contributed by atoms with Gasteiger partial charge in [-0.2, -0.15) is 0 Å². The Hall–Kier alpha value is -2.44. The molecule has 0 radical (unpaired) electrons. The van der Waals surface area contributed by atoms with Gasteiger partial charge in [-0.25, -0.2) is 9.59 Å². The quantitative estimate of drug-likeness (QED) is 0.652. The standard InChI is InChI=1S/C14H17NO6/c1-3-5-19-14(17)10-8(13(16)18-4-2)6-9-12(11(10)15)21-7-20-9/h6H,3-5,7,15H2,1-2H3. The summed E-state index contributed by atoms with van der Waals surface area (Å²) in [4.78, 5) is 24.2. The molecule has 0 aliphatic carbocycles. The summed E-state index contributed by atoms with van der Waals surface area (Å²) in [6.45, 7) is 3.92. The van der Waals surface area contributed by atoms with Crippen LogP contribution in [0.15, 0.2) is 6.07 Å². The fourth-order valence-corrected chi connectivity index (χ4v) is 1.92. The van der Waals surface area contributed by atoms with Crippen molar-refractivity contribution in [3.63, 3.8) is 0 Å². The van der Waals surface area contributed by atoms with Crippen molar-refractivity contribution in [1.82, 2.24) is 0 Å². The zero-order chi connectivity index (χ0) is 15.4. The third-order valence-corrected chi connectivity index (χ3v) is 2.84. The van der Waals surface area contributed by atoms with Crippen LogP contribution in [0.5, 0.6) is 11.5 Å². The van der Waals surface area contributed by atoms with E-state index in [2.05, 4.69) is 0 Å². The monoisotopic (exact) mass is 295 g/mol. The Balaban J connectivity index is 2.48. The number of nitrogens with two attached hydrogens (primary N) is 1. The van der Waals surface area contributed by atoms with E-state index in [1.807, 2.05) is 6.92 Å². The summed E-state index contributed by atoms with van der Waals surface area (Å²) in [5.74, 6) is -0.796. The van der Waals surface area contributed by atoms with Crippen LogP contribution >= 0.6 is 0 Å². The SMILES string of the molecule is CCCOC(=O)c1c(C(=O)OCC)cc2c(c1N)OCO2. The van der Waals surface area contributed by atoms with E-state index in [-0.39, 0.29) is 42.6 Å². The van der Waals surface area contributed by atoms with Gasteiger partial charge in [0.15, 0.2) is 11.5 Å². The van der Waals surface area contributed by atoms with Crippen LogP contribution in [0.2, 0.25) is 0 Å². The number of nitrogen functional groups attached to an aromatic ring is 1. The van der Waals surface area contributed by atoms with E-state index < -0.39 is 11.9 Å². The number of hydrogen-bond donors (Lipinski definition) is 1. The molecule has 1 aliphatic rings. The van der Waals surface area contributed by atoms with E-state index >= 15 is 0 Å². The fraction of sp³-hybridized carbons (Fsp3) is 0.429. The van der Waals surface area contributed by atoms with Crippen molar-refractivity contribution >= 4 is 17.6 Å². The average molecular weight is 295 g/mol. The normalized spacial score (nSPS) is 12.1. The Morgan fingerprint density at radius 1 is 1.24 bits per heavy atom. The van der Waals surface area contributed by atoms with Crippen LogP contribution in [-0.4, -0.2) is 31.9 Å². The van der Waals surface area contributed by atoms with Crippen molar-refractivity contribution in [2.45, 2.75) is 20.3 Å². The first kappa shape index (κ1) is 15.0. The van der Waals surface area contributed by atoms with Crippen molar-refractivity contribution < 1.29 is 28.5 Å². The van der Waals surface area contributed by atoms with Crippen LogP contribution in [0.3, 0.4) is 0 Å². The molecule has 2 rings (SSSR count). The lowest BCUT2D eigenvalue weighted by Gasteiger charge is -2.13. The summed E-state index contributed by atoms with van der Waals surface area (Å²) >= 11 is 0. The van der Waals surface area contributed by atoms with Crippen LogP contribution in [0.25, 0.3) is 0 Å². The number of carbonyl (C=O) groups is 2. The highest BCUT2D eigenvalue weighted by atomic mass is 16.7. The number of benzene rings is 1. The molecule has 114 valence electrons. The zero-order valence-electron chi connectivity index (χ0n) is 11.9. The molecule has 0 unspecified atom stereocenters. The van der Waals surface area contributed by atoms with Crippen molar-refractivity contribution in [2.75, 3.05) is 25.7 Å². The van der Waals surface area contributed by atoms with Gasteiger partial charge in [-0.3, -0.25) is 0 Å². The molecule has 2 N–H and O–H groups in total. The minimum atomic E-state index is -0.685. The smallest absolute Gasteiger partial charge is 0.341 e. The number of ether oxygens (including phenoxy) is 4. The van der Waals surface area contributed by atoms with Gasteiger partial charge in [-0.05, 0) is 19.4 Å². The van der Waals surface area contributed by atoms with Gasteiger partial charge in [-0.1, -0.05) is 6.92 Å². The summed E-state index contributed by atoms with van der Waals surface area (Å²) < 4.78 is 20.4. The molecule has 1 aliphatic heterocycles. The molecule has 0 amide bonds. The van der Waals surface area contributed by atoms with Crippen LogP contribution in [0.4, 0.5) is 5.69 Å². The largest absolute Gasteiger partial charge is 0.462 e. The number of esters is 2.